The average Bonchev–Trinajstić information content (AvgIpc) is 3.52. The number of rotatable bonds is 5. The normalized spacial score (nSPS) is 15.7. The molecule has 6 rings (SSSR count). The van der Waals surface area contributed by atoms with Gasteiger partial charge in [0.05, 0.1) is 16.9 Å². The van der Waals surface area contributed by atoms with E-state index in [0.717, 1.165) is 24.6 Å². The van der Waals surface area contributed by atoms with Crippen LogP contribution in [0.2, 0.25) is 0 Å². The maximum absolute atomic E-state index is 14.2. The van der Waals surface area contributed by atoms with Crippen molar-refractivity contribution in [3.8, 4) is 5.69 Å². The zero-order valence-corrected chi connectivity index (χ0v) is 19.5. The fourth-order valence-corrected chi connectivity index (χ4v) is 4.73. The van der Waals surface area contributed by atoms with Crippen LogP contribution in [0.15, 0.2) is 42.7 Å². The molecule has 0 radical (unpaired) electrons. The highest BCUT2D eigenvalue weighted by Gasteiger charge is 2.24. The molecule has 184 valence electrons. The lowest BCUT2D eigenvalue weighted by Gasteiger charge is -2.21. The standard InChI is InChI=1S/C26H23F3N6O/c1-14(24-31-19-6-5-18(28)21(29)22(19)33-24)11-20-23-26(34-25(32-20)15-7-9-36-10-8-15)35(13-30-23)17-4-2-3-16(27)12-17/h2-6,12-15H,7-11H2,1H3,(H,31,33)/t14-/m0/s1. The lowest BCUT2D eigenvalue weighted by molar-refractivity contribution is 0.0836. The molecule has 1 atom stereocenters. The van der Waals surface area contributed by atoms with Gasteiger partial charge in [-0.2, -0.15) is 0 Å². The summed E-state index contributed by atoms with van der Waals surface area (Å²) in [6.45, 7) is 3.22. The summed E-state index contributed by atoms with van der Waals surface area (Å²) < 4.78 is 49.2. The van der Waals surface area contributed by atoms with Crippen LogP contribution < -0.4 is 0 Å². The van der Waals surface area contributed by atoms with Crippen LogP contribution in [0.5, 0.6) is 0 Å². The van der Waals surface area contributed by atoms with Crippen molar-refractivity contribution < 1.29 is 17.9 Å². The number of ether oxygens (including phenoxy) is 1. The Bertz CT molecular complexity index is 1570. The van der Waals surface area contributed by atoms with Crippen molar-refractivity contribution in [3.05, 3.63) is 77.5 Å². The van der Waals surface area contributed by atoms with Crippen LogP contribution in [0.1, 0.15) is 48.9 Å². The summed E-state index contributed by atoms with van der Waals surface area (Å²) in [7, 11) is 0. The molecule has 0 saturated carbocycles. The maximum atomic E-state index is 14.2. The molecule has 0 aliphatic carbocycles. The quantitative estimate of drug-likeness (QED) is 0.358. The Morgan fingerprint density at radius 2 is 1.89 bits per heavy atom. The van der Waals surface area contributed by atoms with E-state index in [4.69, 9.17) is 14.7 Å². The predicted octanol–water partition coefficient (Wildman–Crippen LogP) is 5.35. The number of benzene rings is 2. The number of aromatic amines is 1. The van der Waals surface area contributed by atoms with Gasteiger partial charge in [-0.15, -0.1) is 0 Å². The zero-order valence-electron chi connectivity index (χ0n) is 19.5. The molecule has 3 aromatic heterocycles. The van der Waals surface area contributed by atoms with Crippen molar-refractivity contribution in [2.45, 2.75) is 38.0 Å². The molecule has 10 heteroatoms. The van der Waals surface area contributed by atoms with Crippen LogP contribution in [-0.2, 0) is 11.2 Å². The highest BCUT2D eigenvalue weighted by atomic mass is 19.2. The van der Waals surface area contributed by atoms with Crippen molar-refractivity contribution in [2.24, 2.45) is 0 Å². The van der Waals surface area contributed by atoms with Gasteiger partial charge in [-0.05, 0) is 43.2 Å². The minimum atomic E-state index is -0.970. The van der Waals surface area contributed by atoms with Crippen LogP contribution in [-0.4, -0.2) is 42.7 Å². The van der Waals surface area contributed by atoms with Crippen LogP contribution in [0, 0.1) is 17.5 Å². The second-order valence-corrected chi connectivity index (χ2v) is 9.17. The van der Waals surface area contributed by atoms with Crippen molar-refractivity contribution >= 4 is 22.2 Å². The Kier molecular flexibility index (Phi) is 5.67. The third kappa shape index (κ3) is 4.01. The van der Waals surface area contributed by atoms with E-state index in [1.165, 1.54) is 18.2 Å². The number of hydrogen-bond donors (Lipinski definition) is 1. The van der Waals surface area contributed by atoms with Crippen molar-refractivity contribution in [1.29, 1.82) is 0 Å². The van der Waals surface area contributed by atoms with E-state index in [9.17, 15) is 13.2 Å². The van der Waals surface area contributed by atoms with E-state index >= 15 is 0 Å². The molecule has 1 N–H and O–H groups in total. The van der Waals surface area contributed by atoms with Crippen molar-refractivity contribution in [1.82, 2.24) is 29.5 Å². The lowest BCUT2D eigenvalue weighted by atomic mass is 9.98. The summed E-state index contributed by atoms with van der Waals surface area (Å²) in [5, 5.41) is 0. The average molecular weight is 493 g/mol. The summed E-state index contributed by atoms with van der Waals surface area (Å²) in [5.41, 5.74) is 2.94. The number of aromatic nitrogens is 6. The first kappa shape index (κ1) is 22.7. The molecule has 2 aromatic carbocycles. The van der Waals surface area contributed by atoms with E-state index in [1.54, 1.807) is 23.0 Å². The van der Waals surface area contributed by atoms with Gasteiger partial charge in [0.15, 0.2) is 17.3 Å². The Balaban J connectivity index is 1.43. The molecular weight excluding hydrogens is 469 g/mol. The first-order valence-electron chi connectivity index (χ1n) is 11.9. The minimum absolute atomic E-state index is 0.0250. The van der Waals surface area contributed by atoms with E-state index in [1.807, 2.05) is 6.92 Å². The number of nitrogens with one attached hydrogen (secondary N) is 1. The Morgan fingerprint density at radius 3 is 2.69 bits per heavy atom. The van der Waals surface area contributed by atoms with Gasteiger partial charge in [0, 0.05) is 31.5 Å². The molecule has 5 aromatic rings. The topological polar surface area (TPSA) is 81.5 Å². The number of halogens is 3. The minimum Gasteiger partial charge on any atom is -0.381 e. The molecule has 0 bridgehead atoms. The van der Waals surface area contributed by atoms with Crippen LogP contribution in [0.4, 0.5) is 13.2 Å². The predicted molar refractivity (Wildman–Crippen MR) is 128 cm³/mol. The molecule has 4 heterocycles. The first-order valence-corrected chi connectivity index (χ1v) is 11.9. The molecule has 1 aliphatic rings. The number of nitrogens with zero attached hydrogens (tertiary/aromatic N) is 5. The summed E-state index contributed by atoms with van der Waals surface area (Å²) in [6.07, 6.45) is 3.68. The lowest BCUT2D eigenvalue weighted by Crippen LogP contribution is -2.18. The fourth-order valence-electron chi connectivity index (χ4n) is 4.73. The van der Waals surface area contributed by atoms with E-state index in [2.05, 4.69) is 15.0 Å². The number of fused-ring (bicyclic) bond motifs is 2. The Morgan fingerprint density at radius 1 is 1.06 bits per heavy atom. The number of imidazole rings is 2. The first-order chi connectivity index (χ1) is 17.5. The molecular formula is C26H23F3N6O. The third-order valence-electron chi connectivity index (χ3n) is 6.69. The van der Waals surface area contributed by atoms with Crippen LogP contribution >= 0.6 is 0 Å². The Labute approximate surface area is 204 Å². The second kappa shape index (κ2) is 9.02. The molecule has 0 spiro atoms. The molecule has 1 aliphatic heterocycles. The molecule has 1 fully saturated rings. The monoisotopic (exact) mass is 492 g/mol. The van der Waals surface area contributed by atoms with Gasteiger partial charge < -0.3 is 9.72 Å². The second-order valence-electron chi connectivity index (χ2n) is 9.17. The van der Waals surface area contributed by atoms with Gasteiger partial charge >= 0.3 is 0 Å². The van der Waals surface area contributed by atoms with Gasteiger partial charge in [-0.25, -0.2) is 33.1 Å². The van der Waals surface area contributed by atoms with Crippen LogP contribution in [0.3, 0.4) is 0 Å². The third-order valence-corrected chi connectivity index (χ3v) is 6.69. The van der Waals surface area contributed by atoms with Gasteiger partial charge in [0.25, 0.3) is 0 Å². The van der Waals surface area contributed by atoms with E-state index in [0.29, 0.717) is 53.7 Å². The summed E-state index contributed by atoms with van der Waals surface area (Å²) in [5.74, 6) is -1.09. The SMILES string of the molecule is C[C@@H](Cc1nc(C2CCOCC2)nc2c1ncn2-c1cccc(F)c1)c1nc2c(F)c(F)ccc2[nH]1. The maximum Gasteiger partial charge on any atom is 0.186 e. The molecule has 0 unspecified atom stereocenters. The van der Waals surface area contributed by atoms with Crippen molar-refractivity contribution in [3.63, 3.8) is 0 Å². The number of hydrogen-bond acceptors (Lipinski definition) is 5. The fraction of sp³-hybridized carbons (Fsp3) is 0.308. The van der Waals surface area contributed by atoms with Crippen LogP contribution in [0.25, 0.3) is 27.9 Å². The highest BCUT2D eigenvalue weighted by Crippen LogP contribution is 2.30. The molecule has 7 nitrogen and oxygen atoms in total. The smallest absolute Gasteiger partial charge is 0.186 e. The molecule has 0 amide bonds. The van der Waals surface area contributed by atoms with Gasteiger partial charge in [0.1, 0.15) is 34.8 Å². The Hall–Kier alpha value is -3.79. The zero-order chi connectivity index (χ0) is 24.8. The summed E-state index contributed by atoms with van der Waals surface area (Å²) in [4.78, 5) is 21.8. The van der Waals surface area contributed by atoms with E-state index < -0.39 is 11.6 Å². The molecule has 36 heavy (non-hydrogen) atoms. The van der Waals surface area contributed by atoms with Gasteiger partial charge in [-0.3, -0.25) is 4.57 Å². The summed E-state index contributed by atoms with van der Waals surface area (Å²) in [6, 6.07) is 8.82. The number of H-pyrrole nitrogens is 1. The highest BCUT2D eigenvalue weighted by molar-refractivity contribution is 5.77. The van der Waals surface area contributed by atoms with Gasteiger partial charge in [0.2, 0.25) is 0 Å². The van der Waals surface area contributed by atoms with Gasteiger partial charge in [-0.1, -0.05) is 13.0 Å². The summed E-state index contributed by atoms with van der Waals surface area (Å²) >= 11 is 0. The van der Waals surface area contributed by atoms with E-state index in [-0.39, 0.29) is 23.2 Å². The largest absolute Gasteiger partial charge is 0.381 e. The van der Waals surface area contributed by atoms with Crippen molar-refractivity contribution in [2.75, 3.05) is 13.2 Å². The molecule has 1 saturated heterocycles.